The summed E-state index contributed by atoms with van der Waals surface area (Å²) in [6, 6.07) is 16.8. The highest BCUT2D eigenvalue weighted by Crippen LogP contribution is 2.31. The quantitative estimate of drug-likeness (QED) is 0.202. The van der Waals surface area contributed by atoms with Crippen molar-refractivity contribution >= 4 is 45.8 Å². The number of pyridine rings is 1. The van der Waals surface area contributed by atoms with Crippen molar-refractivity contribution < 1.29 is 4.74 Å². The Hall–Kier alpha value is -4.24. The smallest absolute Gasteiger partial charge is 0.264 e. The van der Waals surface area contributed by atoms with Gasteiger partial charge in [-0.1, -0.05) is 48.9 Å². The fourth-order valence-corrected chi connectivity index (χ4v) is 4.51. The van der Waals surface area contributed by atoms with Crippen LogP contribution < -0.4 is 16.6 Å². The van der Waals surface area contributed by atoms with Crippen LogP contribution in [0.1, 0.15) is 36.9 Å². The molecule has 2 aromatic carbocycles. The zero-order valence-corrected chi connectivity index (χ0v) is 20.9. The molecule has 0 saturated heterocycles. The fraction of sp³-hybridized carbons (Fsp3) is 0.222. The van der Waals surface area contributed by atoms with Gasteiger partial charge < -0.3 is 15.8 Å². The van der Waals surface area contributed by atoms with Gasteiger partial charge in [-0.3, -0.25) is 20.2 Å². The highest BCUT2D eigenvalue weighted by atomic mass is 35.5. The molecule has 1 unspecified atom stereocenters. The summed E-state index contributed by atoms with van der Waals surface area (Å²) >= 11 is 6.42. The van der Waals surface area contributed by atoms with Crippen LogP contribution in [0.15, 0.2) is 65.7 Å². The van der Waals surface area contributed by atoms with Crippen LogP contribution in [0.5, 0.6) is 0 Å². The van der Waals surface area contributed by atoms with Crippen LogP contribution in [-0.2, 0) is 4.74 Å². The van der Waals surface area contributed by atoms with Gasteiger partial charge in [0.05, 0.1) is 10.4 Å². The predicted molar refractivity (Wildman–Crippen MR) is 146 cm³/mol. The molecule has 1 fully saturated rings. The van der Waals surface area contributed by atoms with E-state index in [0.717, 1.165) is 29.6 Å². The van der Waals surface area contributed by atoms with Gasteiger partial charge in [0.15, 0.2) is 5.90 Å². The van der Waals surface area contributed by atoms with Gasteiger partial charge in [0, 0.05) is 29.8 Å². The zero-order chi connectivity index (χ0) is 26.1. The van der Waals surface area contributed by atoms with Crippen molar-refractivity contribution in [2.75, 3.05) is 17.6 Å². The van der Waals surface area contributed by atoms with Gasteiger partial charge in [0.25, 0.3) is 5.56 Å². The molecule has 1 saturated carbocycles. The molecule has 0 amide bonds. The third-order valence-electron chi connectivity index (χ3n) is 6.38. The number of fused-ring (bicyclic) bond motifs is 1. The average molecular weight is 516 g/mol. The van der Waals surface area contributed by atoms with Crippen LogP contribution in [0.3, 0.4) is 0 Å². The molecule has 2 heterocycles. The number of hydrogen-bond donors (Lipinski definition) is 4. The van der Waals surface area contributed by atoms with E-state index in [1.165, 1.54) is 6.33 Å². The second-order valence-electron chi connectivity index (χ2n) is 9.08. The van der Waals surface area contributed by atoms with E-state index in [2.05, 4.69) is 15.3 Å². The minimum absolute atomic E-state index is 0.0503. The number of halogens is 1. The number of rotatable bonds is 7. The third-order valence-corrected chi connectivity index (χ3v) is 6.70. The van der Waals surface area contributed by atoms with Crippen LogP contribution in [0.4, 0.5) is 11.6 Å². The zero-order valence-electron chi connectivity index (χ0n) is 20.2. The number of aromatic nitrogens is 3. The highest BCUT2D eigenvalue weighted by molar-refractivity contribution is 6.35. The van der Waals surface area contributed by atoms with Crippen molar-refractivity contribution in [3.05, 3.63) is 87.6 Å². The molecular weight excluding hydrogens is 490 g/mol. The van der Waals surface area contributed by atoms with Crippen LogP contribution in [-0.4, -0.2) is 32.9 Å². The average Bonchev–Trinajstić information content (AvgIpc) is 3.73. The first-order valence-electron chi connectivity index (χ1n) is 11.9. The molecule has 188 valence electrons. The largest absolute Gasteiger partial charge is 0.425 e. The minimum atomic E-state index is -0.272. The molecule has 5 N–H and O–H groups in total. The number of nitrogens with zero attached hydrogens (tertiary/aromatic N) is 3. The van der Waals surface area contributed by atoms with Gasteiger partial charge in [-0.15, -0.1) is 0 Å². The van der Waals surface area contributed by atoms with Crippen LogP contribution in [0.2, 0.25) is 5.02 Å². The first-order chi connectivity index (χ1) is 17.8. The standard InChI is InChI=1S/C27H26ClN7O2/c1-15(13-32-26-22(23(29)33-14-34-26)25(31)37-24(30)16-10-11-16)20-12-17-6-5-9-19(28)21(17)27(36)35(20)18-7-3-2-4-8-18/h2-9,12,14-16,30-31H,10-11,13H2,1H3,(H3,29,32,33,34). The topological polar surface area (TPSA) is 143 Å². The lowest BCUT2D eigenvalue weighted by Gasteiger charge is -2.21. The first kappa shape index (κ1) is 24.5. The van der Waals surface area contributed by atoms with Crippen LogP contribution in [0, 0.1) is 16.7 Å². The van der Waals surface area contributed by atoms with Crippen LogP contribution in [0.25, 0.3) is 16.5 Å². The molecule has 0 spiro atoms. The number of nitrogen functional groups attached to an aromatic ring is 1. The summed E-state index contributed by atoms with van der Waals surface area (Å²) in [7, 11) is 0. The number of benzene rings is 2. The highest BCUT2D eigenvalue weighted by Gasteiger charge is 2.30. The van der Waals surface area contributed by atoms with E-state index < -0.39 is 0 Å². The molecule has 2 aromatic heterocycles. The van der Waals surface area contributed by atoms with Gasteiger partial charge >= 0.3 is 0 Å². The lowest BCUT2D eigenvalue weighted by atomic mass is 10.0. The molecule has 9 nitrogen and oxygen atoms in total. The monoisotopic (exact) mass is 515 g/mol. The second-order valence-corrected chi connectivity index (χ2v) is 9.49. The molecule has 1 aliphatic carbocycles. The van der Waals surface area contributed by atoms with E-state index in [1.807, 2.05) is 55.5 Å². The van der Waals surface area contributed by atoms with E-state index >= 15 is 0 Å². The molecular formula is C27H26ClN7O2. The molecule has 1 aliphatic rings. The summed E-state index contributed by atoms with van der Waals surface area (Å²) in [5, 5.41) is 21.3. The van der Waals surface area contributed by atoms with Gasteiger partial charge in [-0.2, -0.15) is 0 Å². The van der Waals surface area contributed by atoms with E-state index in [9.17, 15) is 4.79 Å². The number of hydrogen-bond acceptors (Lipinski definition) is 8. The Balaban J connectivity index is 1.49. The van der Waals surface area contributed by atoms with E-state index in [0.29, 0.717) is 22.8 Å². The summed E-state index contributed by atoms with van der Waals surface area (Å²) in [4.78, 5) is 21.9. The molecule has 0 bridgehead atoms. The Morgan fingerprint density at radius 2 is 1.95 bits per heavy atom. The first-order valence-corrected chi connectivity index (χ1v) is 12.3. The van der Waals surface area contributed by atoms with Crippen molar-refractivity contribution in [3.8, 4) is 5.69 Å². The Bertz CT molecular complexity index is 1560. The maximum atomic E-state index is 13.7. The summed E-state index contributed by atoms with van der Waals surface area (Å²) in [5.74, 6) is 0.0746. The Morgan fingerprint density at radius 1 is 1.19 bits per heavy atom. The summed E-state index contributed by atoms with van der Waals surface area (Å²) in [6.07, 6.45) is 3.08. The van der Waals surface area contributed by atoms with Crippen molar-refractivity contribution in [1.82, 2.24) is 14.5 Å². The van der Waals surface area contributed by atoms with Gasteiger partial charge in [-0.25, -0.2) is 9.97 Å². The number of ether oxygens (including phenoxy) is 1. The van der Waals surface area contributed by atoms with Gasteiger partial charge in [0.2, 0.25) is 5.90 Å². The van der Waals surface area contributed by atoms with E-state index in [4.69, 9.17) is 32.9 Å². The van der Waals surface area contributed by atoms with E-state index in [1.54, 1.807) is 10.6 Å². The lowest BCUT2D eigenvalue weighted by Crippen LogP contribution is -2.26. The Morgan fingerprint density at radius 3 is 2.68 bits per heavy atom. The molecule has 1 atom stereocenters. The molecule has 0 radical (unpaired) electrons. The van der Waals surface area contributed by atoms with Gasteiger partial charge in [-0.05, 0) is 42.5 Å². The van der Waals surface area contributed by atoms with Crippen molar-refractivity contribution in [3.63, 3.8) is 0 Å². The molecule has 0 aliphatic heterocycles. The predicted octanol–water partition coefficient (Wildman–Crippen LogP) is 4.96. The van der Waals surface area contributed by atoms with Crippen molar-refractivity contribution in [2.45, 2.75) is 25.7 Å². The van der Waals surface area contributed by atoms with Crippen molar-refractivity contribution in [2.24, 2.45) is 5.92 Å². The Labute approximate surface area is 218 Å². The summed E-state index contributed by atoms with van der Waals surface area (Å²) in [6.45, 7) is 2.36. The molecule has 37 heavy (non-hydrogen) atoms. The molecule has 4 aromatic rings. The summed E-state index contributed by atoms with van der Waals surface area (Å²) < 4.78 is 7.11. The van der Waals surface area contributed by atoms with Gasteiger partial charge in [0.1, 0.15) is 23.5 Å². The van der Waals surface area contributed by atoms with Crippen molar-refractivity contribution in [1.29, 1.82) is 10.8 Å². The van der Waals surface area contributed by atoms with E-state index in [-0.39, 0.29) is 40.6 Å². The number of nitrogens with one attached hydrogen (secondary N) is 3. The number of nitrogens with two attached hydrogens (primary N) is 1. The number of anilines is 2. The maximum Gasteiger partial charge on any atom is 0.264 e. The second kappa shape index (κ2) is 10.0. The Kier molecular flexibility index (Phi) is 6.62. The lowest BCUT2D eigenvalue weighted by molar-refractivity contribution is 0.512. The third kappa shape index (κ3) is 4.90. The summed E-state index contributed by atoms with van der Waals surface area (Å²) in [5.41, 5.74) is 7.58. The maximum absolute atomic E-state index is 13.7. The fourth-order valence-electron chi connectivity index (χ4n) is 4.25. The minimum Gasteiger partial charge on any atom is -0.425 e. The molecule has 10 heteroatoms. The molecule has 5 rings (SSSR count). The SMILES string of the molecule is CC(CNc1ncnc(N)c1C(=N)OC(=N)C1CC1)c1cc2cccc(Cl)c2c(=O)n1-c1ccccc1. The number of para-hydroxylation sites is 1. The normalized spacial score (nSPS) is 13.8. The van der Waals surface area contributed by atoms with Crippen LogP contribution >= 0.6 is 11.6 Å².